The molecule has 84 valence electrons. The highest BCUT2D eigenvalue weighted by atomic mass is 35.5. The van der Waals surface area contributed by atoms with Crippen LogP contribution in [0.25, 0.3) is 0 Å². The summed E-state index contributed by atoms with van der Waals surface area (Å²) in [6.45, 7) is 1.45. The number of unbranched alkanes of at least 4 members (excludes halogenated alkanes) is 1. The average molecular weight is 225 g/mol. The highest BCUT2D eigenvalue weighted by Crippen LogP contribution is 2.12. The predicted octanol–water partition coefficient (Wildman–Crippen LogP) is -0.147. The van der Waals surface area contributed by atoms with Crippen molar-refractivity contribution in [3.8, 4) is 0 Å². The normalized spacial score (nSPS) is 14.0. The molecule has 0 saturated heterocycles. The van der Waals surface area contributed by atoms with Gasteiger partial charge < -0.3 is 20.9 Å². The molecule has 0 aliphatic rings. The van der Waals surface area contributed by atoms with Crippen LogP contribution in [-0.4, -0.2) is 33.8 Å². The summed E-state index contributed by atoms with van der Waals surface area (Å²) in [4.78, 5) is 10.5. The fraction of sp³-hybridized carbons (Fsp3) is 0.857. The van der Waals surface area contributed by atoms with Gasteiger partial charge in [0.1, 0.15) is 5.54 Å². The van der Waals surface area contributed by atoms with Crippen LogP contribution in [0, 0.1) is 0 Å². The molecule has 0 amide bonds. The van der Waals surface area contributed by atoms with Crippen LogP contribution >= 0.6 is 12.4 Å². The zero-order valence-corrected chi connectivity index (χ0v) is 8.96. The van der Waals surface area contributed by atoms with Gasteiger partial charge in [-0.2, -0.15) is 0 Å². The molecular formula is C7H17BClNO4. The molecule has 0 aromatic heterocycles. The number of carboxylic acid groups (broad SMARTS) is 1. The molecule has 0 aromatic carbocycles. The van der Waals surface area contributed by atoms with Crippen LogP contribution in [0.1, 0.15) is 26.2 Å². The molecule has 7 heteroatoms. The topological polar surface area (TPSA) is 104 Å². The maximum Gasteiger partial charge on any atom is 0.451 e. The third-order valence-corrected chi connectivity index (χ3v) is 1.90. The lowest BCUT2D eigenvalue weighted by molar-refractivity contribution is -0.142. The molecule has 5 nitrogen and oxygen atoms in total. The summed E-state index contributed by atoms with van der Waals surface area (Å²) in [6.07, 6.45) is 1.75. The Labute approximate surface area is 89.9 Å². The summed E-state index contributed by atoms with van der Waals surface area (Å²) < 4.78 is 0. The fourth-order valence-corrected chi connectivity index (χ4v) is 0.926. The molecule has 14 heavy (non-hydrogen) atoms. The molecule has 0 saturated carbocycles. The number of hydrogen-bond acceptors (Lipinski definition) is 4. The van der Waals surface area contributed by atoms with Crippen molar-refractivity contribution in [1.82, 2.24) is 0 Å². The second kappa shape index (κ2) is 7.06. The summed E-state index contributed by atoms with van der Waals surface area (Å²) in [6, 6.07) is 0. The molecule has 0 heterocycles. The van der Waals surface area contributed by atoms with Gasteiger partial charge in [-0.15, -0.1) is 12.4 Å². The Morgan fingerprint density at radius 1 is 1.43 bits per heavy atom. The van der Waals surface area contributed by atoms with Crippen LogP contribution in [0.4, 0.5) is 0 Å². The van der Waals surface area contributed by atoms with Crippen molar-refractivity contribution in [3.05, 3.63) is 0 Å². The van der Waals surface area contributed by atoms with E-state index < -0.39 is 18.6 Å². The van der Waals surface area contributed by atoms with E-state index in [4.69, 9.17) is 20.9 Å². The van der Waals surface area contributed by atoms with Gasteiger partial charge in [-0.25, -0.2) is 0 Å². The highest BCUT2D eigenvalue weighted by molar-refractivity contribution is 6.40. The van der Waals surface area contributed by atoms with Crippen molar-refractivity contribution in [3.63, 3.8) is 0 Å². The van der Waals surface area contributed by atoms with E-state index in [0.717, 1.165) is 0 Å². The first kappa shape index (κ1) is 16.1. The number of carboxylic acids is 1. The molecule has 0 aliphatic carbocycles. The smallest absolute Gasteiger partial charge is 0.451 e. The van der Waals surface area contributed by atoms with Crippen molar-refractivity contribution >= 4 is 25.5 Å². The van der Waals surface area contributed by atoms with Crippen molar-refractivity contribution < 1.29 is 19.9 Å². The zero-order chi connectivity index (χ0) is 10.5. The SMILES string of the molecule is CC(N)(CCCCB(O)O)C(=O)O.Cl. The van der Waals surface area contributed by atoms with E-state index in [2.05, 4.69) is 0 Å². The van der Waals surface area contributed by atoms with Gasteiger partial charge in [0.25, 0.3) is 0 Å². The fourth-order valence-electron chi connectivity index (χ4n) is 0.926. The first-order valence-electron chi connectivity index (χ1n) is 4.24. The molecule has 0 fully saturated rings. The van der Waals surface area contributed by atoms with Gasteiger partial charge in [-0.3, -0.25) is 4.79 Å². The van der Waals surface area contributed by atoms with Crippen LogP contribution < -0.4 is 5.73 Å². The van der Waals surface area contributed by atoms with Gasteiger partial charge in [0.15, 0.2) is 0 Å². The van der Waals surface area contributed by atoms with Gasteiger partial charge in [-0.05, 0) is 19.7 Å². The Morgan fingerprint density at radius 3 is 2.29 bits per heavy atom. The van der Waals surface area contributed by atoms with Crippen LogP contribution in [0.5, 0.6) is 0 Å². The Kier molecular flexibility index (Phi) is 8.14. The Morgan fingerprint density at radius 2 is 1.93 bits per heavy atom. The quantitative estimate of drug-likeness (QED) is 0.372. The molecule has 1 unspecified atom stereocenters. The molecule has 0 rings (SSSR count). The Balaban J connectivity index is 0. The van der Waals surface area contributed by atoms with E-state index in [1.165, 1.54) is 6.92 Å². The summed E-state index contributed by atoms with van der Waals surface area (Å²) >= 11 is 0. The third-order valence-electron chi connectivity index (χ3n) is 1.90. The van der Waals surface area contributed by atoms with Crippen molar-refractivity contribution in [1.29, 1.82) is 0 Å². The average Bonchev–Trinajstić information content (AvgIpc) is 1.97. The lowest BCUT2D eigenvalue weighted by Gasteiger charge is -2.18. The summed E-state index contributed by atoms with van der Waals surface area (Å²) in [5, 5.41) is 25.6. The van der Waals surface area contributed by atoms with Crippen LogP contribution in [0.15, 0.2) is 0 Å². The first-order chi connectivity index (χ1) is 5.86. The van der Waals surface area contributed by atoms with Gasteiger partial charge in [0.2, 0.25) is 0 Å². The van der Waals surface area contributed by atoms with Crippen LogP contribution in [0.2, 0.25) is 6.32 Å². The molecule has 0 bridgehead atoms. The Hall–Kier alpha value is -0.295. The van der Waals surface area contributed by atoms with Gasteiger partial charge in [0.05, 0.1) is 0 Å². The first-order valence-corrected chi connectivity index (χ1v) is 4.24. The summed E-state index contributed by atoms with van der Waals surface area (Å²) in [7, 11) is -1.31. The van der Waals surface area contributed by atoms with E-state index in [1.807, 2.05) is 0 Å². The zero-order valence-electron chi connectivity index (χ0n) is 8.14. The highest BCUT2D eigenvalue weighted by Gasteiger charge is 2.26. The van der Waals surface area contributed by atoms with E-state index in [-0.39, 0.29) is 18.7 Å². The van der Waals surface area contributed by atoms with Gasteiger partial charge >= 0.3 is 13.1 Å². The lowest BCUT2D eigenvalue weighted by Crippen LogP contribution is -2.44. The minimum absolute atomic E-state index is 0. The number of hydrogen-bond donors (Lipinski definition) is 4. The molecule has 0 aliphatic heterocycles. The van der Waals surface area contributed by atoms with Crippen molar-refractivity contribution in [2.75, 3.05) is 0 Å². The third kappa shape index (κ3) is 7.14. The minimum Gasteiger partial charge on any atom is -0.480 e. The van der Waals surface area contributed by atoms with Gasteiger partial charge in [0, 0.05) is 0 Å². The van der Waals surface area contributed by atoms with Crippen LogP contribution in [-0.2, 0) is 4.79 Å². The molecular weight excluding hydrogens is 208 g/mol. The van der Waals surface area contributed by atoms with Crippen molar-refractivity contribution in [2.24, 2.45) is 5.73 Å². The maximum absolute atomic E-state index is 10.5. The van der Waals surface area contributed by atoms with Gasteiger partial charge in [-0.1, -0.05) is 12.8 Å². The number of aliphatic carboxylic acids is 1. The maximum atomic E-state index is 10.5. The largest absolute Gasteiger partial charge is 0.480 e. The van der Waals surface area contributed by atoms with Crippen LogP contribution in [0.3, 0.4) is 0 Å². The number of nitrogens with two attached hydrogens (primary N) is 1. The molecule has 1 atom stereocenters. The minimum atomic E-state index is -1.31. The number of carbonyl (C=O) groups is 1. The monoisotopic (exact) mass is 225 g/mol. The molecule has 0 spiro atoms. The van der Waals surface area contributed by atoms with E-state index >= 15 is 0 Å². The molecule has 5 N–H and O–H groups in total. The Bertz CT molecular complexity index is 177. The predicted molar refractivity (Wildman–Crippen MR) is 56.3 cm³/mol. The molecule has 0 aromatic rings. The van der Waals surface area contributed by atoms with E-state index in [1.54, 1.807) is 0 Å². The summed E-state index contributed by atoms with van der Waals surface area (Å²) in [5.41, 5.74) is 4.24. The van der Waals surface area contributed by atoms with Crippen molar-refractivity contribution in [2.45, 2.75) is 38.0 Å². The second-order valence-corrected chi connectivity index (χ2v) is 3.45. The second-order valence-electron chi connectivity index (χ2n) is 3.45. The lowest BCUT2D eigenvalue weighted by atomic mass is 9.82. The number of halogens is 1. The summed E-state index contributed by atoms with van der Waals surface area (Å²) in [5.74, 6) is -1.03. The standard InChI is InChI=1S/C7H16BNO4.ClH/c1-7(9,6(10)11)4-2-3-5-8(12)13;/h12-13H,2-5,9H2,1H3,(H,10,11);1H. The van der Waals surface area contributed by atoms with E-state index in [0.29, 0.717) is 19.3 Å². The number of rotatable bonds is 6. The molecule has 0 radical (unpaired) electrons. The van der Waals surface area contributed by atoms with E-state index in [9.17, 15) is 4.79 Å².